The maximum Gasteiger partial charge on any atom is 0.226 e. The first kappa shape index (κ1) is 37.4. The van der Waals surface area contributed by atoms with Gasteiger partial charge in [0, 0.05) is 33.6 Å². The minimum atomic E-state index is -0.485. The zero-order chi connectivity index (χ0) is 36.5. The fraction of sp³-hybridized carbons (Fsp3) is 0.500. The number of nitrogens with one attached hydrogen (secondary N) is 3. The Morgan fingerprint density at radius 1 is 0.673 bits per heavy atom. The van der Waals surface area contributed by atoms with Gasteiger partial charge in [-0.1, -0.05) is 118 Å². The molecule has 4 rings (SSSR count). The zero-order valence-electron chi connectivity index (χ0n) is 32.1. The SMILES string of the molecule is CC(C)C(C)(C)C(=O)N[C@H](c1ncc(-c2ccc(-c3ccc(-c4cnc([C@@H](N=C(N(C)C)N(C)C)C(C)(C)C)[nH]4)cc3)cc2)[nH]1)C(C)(C)C. The monoisotopic (exact) mass is 666 g/mol. The molecule has 0 bridgehead atoms. The van der Waals surface area contributed by atoms with Crippen molar-refractivity contribution in [1.29, 1.82) is 0 Å². The number of imidazole rings is 2. The quantitative estimate of drug-likeness (QED) is 0.123. The fourth-order valence-corrected chi connectivity index (χ4v) is 5.62. The molecule has 1 amide bonds. The summed E-state index contributed by atoms with van der Waals surface area (Å²) in [5.41, 5.74) is 5.39. The lowest BCUT2D eigenvalue weighted by atomic mass is 9.79. The number of hydrogen-bond acceptors (Lipinski definition) is 4. The molecule has 264 valence electrons. The van der Waals surface area contributed by atoms with Gasteiger partial charge in [-0.15, -0.1) is 0 Å². The summed E-state index contributed by atoms with van der Waals surface area (Å²) in [6, 6.07) is 16.6. The zero-order valence-corrected chi connectivity index (χ0v) is 32.1. The van der Waals surface area contributed by atoms with Crippen LogP contribution in [0.15, 0.2) is 65.9 Å². The average Bonchev–Trinajstić information content (AvgIpc) is 3.69. The first-order valence-corrected chi connectivity index (χ1v) is 17.2. The molecule has 3 N–H and O–H groups in total. The Morgan fingerprint density at radius 2 is 1.08 bits per heavy atom. The predicted octanol–water partition coefficient (Wildman–Crippen LogP) is 8.59. The summed E-state index contributed by atoms with van der Waals surface area (Å²) in [5.74, 6) is 2.75. The second-order valence-corrected chi connectivity index (χ2v) is 16.7. The number of carbonyl (C=O) groups is 1. The van der Waals surface area contributed by atoms with Gasteiger partial charge in [0.15, 0.2) is 5.96 Å². The molecule has 2 atom stereocenters. The van der Waals surface area contributed by atoms with Crippen LogP contribution in [0, 0.1) is 22.2 Å². The van der Waals surface area contributed by atoms with E-state index in [1.54, 1.807) is 0 Å². The standard InChI is InChI=1S/C40H58N8O/c1-25(2)40(9,10)36(49)45-32(38(3,4)5)34-41-23-30(43-34)28-19-15-26(16-20-28)27-17-21-29(22-18-27)31-24-42-35(44-31)33(39(6,7)8)46-37(47(11)12)48(13)14/h15-25,32-33H,1-14H3,(H,41,43)(H,42,44)(H,45,49)/t32-,33-/m1/s1. The predicted molar refractivity (Wildman–Crippen MR) is 203 cm³/mol. The summed E-state index contributed by atoms with van der Waals surface area (Å²) < 4.78 is 0. The molecular formula is C40H58N8O. The Bertz CT molecular complexity index is 1720. The number of carbonyl (C=O) groups excluding carboxylic acids is 1. The van der Waals surface area contributed by atoms with Crippen LogP contribution in [-0.2, 0) is 4.79 Å². The number of aliphatic imine (C=N–C) groups is 1. The molecule has 0 fully saturated rings. The molecule has 0 aliphatic carbocycles. The molecule has 49 heavy (non-hydrogen) atoms. The summed E-state index contributed by atoms with van der Waals surface area (Å²) >= 11 is 0. The summed E-state index contributed by atoms with van der Waals surface area (Å²) in [6.07, 6.45) is 3.76. The van der Waals surface area contributed by atoms with E-state index in [-0.39, 0.29) is 34.7 Å². The van der Waals surface area contributed by atoms with Crippen molar-refractivity contribution in [3.8, 4) is 33.6 Å². The van der Waals surface area contributed by atoms with Gasteiger partial charge in [0.2, 0.25) is 5.91 Å². The van der Waals surface area contributed by atoms with E-state index in [9.17, 15) is 4.79 Å². The molecule has 0 unspecified atom stereocenters. The smallest absolute Gasteiger partial charge is 0.226 e. The molecule has 0 spiro atoms. The molecular weight excluding hydrogens is 608 g/mol. The first-order valence-electron chi connectivity index (χ1n) is 17.2. The molecule has 0 saturated heterocycles. The molecule has 0 aliphatic rings. The van der Waals surface area contributed by atoms with Gasteiger partial charge in [-0.05, 0) is 39.0 Å². The lowest BCUT2D eigenvalue weighted by Gasteiger charge is -2.35. The van der Waals surface area contributed by atoms with Gasteiger partial charge in [-0.25, -0.2) is 15.0 Å². The molecule has 2 aromatic heterocycles. The maximum atomic E-state index is 13.3. The van der Waals surface area contributed by atoms with Crippen LogP contribution in [-0.4, -0.2) is 69.8 Å². The van der Waals surface area contributed by atoms with Crippen molar-refractivity contribution in [3.05, 3.63) is 72.6 Å². The highest BCUT2D eigenvalue weighted by atomic mass is 16.2. The second kappa shape index (κ2) is 14.2. The van der Waals surface area contributed by atoms with Gasteiger partial charge < -0.3 is 25.1 Å². The van der Waals surface area contributed by atoms with Crippen LogP contribution >= 0.6 is 0 Å². The highest BCUT2D eigenvalue weighted by Crippen LogP contribution is 2.37. The highest BCUT2D eigenvalue weighted by molar-refractivity contribution is 5.82. The molecule has 0 radical (unpaired) electrons. The molecule has 4 aromatic rings. The highest BCUT2D eigenvalue weighted by Gasteiger charge is 2.37. The van der Waals surface area contributed by atoms with Crippen LogP contribution in [0.3, 0.4) is 0 Å². The van der Waals surface area contributed by atoms with E-state index in [4.69, 9.17) is 15.0 Å². The Kier molecular flexibility index (Phi) is 10.9. The van der Waals surface area contributed by atoms with Crippen molar-refractivity contribution in [2.45, 2.75) is 81.3 Å². The first-order chi connectivity index (χ1) is 22.7. The van der Waals surface area contributed by atoms with Crippen LogP contribution in [0.5, 0.6) is 0 Å². The van der Waals surface area contributed by atoms with Gasteiger partial charge >= 0.3 is 0 Å². The molecule has 2 heterocycles. The molecule has 0 aliphatic heterocycles. The number of rotatable bonds is 9. The Morgan fingerprint density at radius 3 is 1.47 bits per heavy atom. The number of hydrogen-bond donors (Lipinski definition) is 3. The van der Waals surface area contributed by atoms with Crippen LogP contribution in [0.4, 0.5) is 0 Å². The summed E-state index contributed by atoms with van der Waals surface area (Å²) in [6.45, 7) is 21.1. The Labute approximate surface area is 294 Å². The van der Waals surface area contributed by atoms with Crippen molar-refractivity contribution in [2.24, 2.45) is 27.2 Å². The van der Waals surface area contributed by atoms with Crippen molar-refractivity contribution >= 4 is 11.9 Å². The van der Waals surface area contributed by atoms with Gasteiger partial charge in [-0.2, -0.15) is 0 Å². The van der Waals surface area contributed by atoms with E-state index < -0.39 is 5.41 Å². The van der Waals surface area contributed by atoms with E-state index in [0.29, 0.717) is 0 Å². The second-order valence-electron chi connectivity index (χ2n) is 16.7. The third-order valence-corrected chi connectivity index (χ3v) is 9.48. The van der Waals surface area contributed by atoms with Crippen molar-refractivity contribution in [3.63, 3.8) is 0 Å². The molecule has 2 aromatic carbocycles. The van der Waals surface area contributed by atoms with Gasteiger partial charge in [0.25, 0.3) is 0 Å². The van der Waals surface area contributed by atoms with Gasteiger partial charge in [0.05, 0.1) is 29.8 Å². The van der Waals surface area contributed by atoms with Crippen LogP contribution in [0.1, 0.15) is 93.0 Å². The van der Waals surface area contributed by atoms with Crippen LogP contribution in [0.25, 0.3) is 33.6 Å². The van der Waals surface area contributed by atoms with E-state index in [2.05, 4.69) is 119 Å². The lowest BCUT2D eigenvalue weighted by molar-refractivity contribution is -0.133. The summed E-state index contributed by atoms with van der Waals surface area (Å²) in [4.78, 5) is 39.0. The van der Waals surface area contributed by atoms with Gasteiger partial charge in [-0.3, -0.25) is 4.79 Å². The minimum Gasteiger partial charge on any atom is -0.349 e. The number of nitrogens with zero attached hydrogens (tertiary/aromatic N) is 5. The van der Waals surface area contributed by atoms with E-state index in [1.807, 2.05) is 64.2 Å². The number of aromatic nitrogens is 4. The number of amides is 1. The summed E-state index contributed by atoms with van der Waals surface area (Å²) in [7, 11) is 8.04. The van der Waals surface area contributed by atoms with E-state index in [1.165, 1.54) is 0 Å². The van der Waals surface area contributed by atoms with Crippen molar-refractivity contribution in [1.82, 2.24) is 35.1 Å². The summed E-state index contributed by atoms with van der Waals surface area (Å²) in [5, 5.41) is 3.29. The lowest BCUT2D eigenvalue weighted by Crippen LogP contribution is -2.45. The normalized spacial score (nSPS) is 13.6. The number of benzene rings is 2. The number of guanidine groups is 1. The number of aromatic amines is 2. The Balaban J connectivity index is 1.52. The molecule has 9 heteroatoms. The van der Waals surface area contributed by atoms with E-state index in [0.717, 1.165) is 51.3 Å². The topological polar surface area (TPSA) is 105 Å². The van der Waals surface area contributed by atoms with E-state index >= 15 is 0 Å². The molecule has 0 saturated carbocycles. The third-order valence-electron chi connectivity index (χ3n) is 9.48. The third kappa shape index (κ3) is 8.61. The fourth-order valence-electron chi connectivity index (χ4n) is 5.62. The number of H-pyrrole nitrogens is 2. The van der Waals surface area contributed by atoms with Crippen molar-refractivity contribution in [2.75, 3.05) is 28.2 Å². The maximum absolute atomic E-state index is 13.3. The molecule has 9 nitrogen and oxygen atoms in total. The minimum absolute atomic E-state index is 0.0329. The average molecular weight is 667 g/mol. The Hall–Kier alpha value is -4.40. The van der Waals surface area contributed by atoms with Crippen molar-refractivity contribution < 1.29 is 4.79 Å². The largest absolute Gasteiger partial charge is 0.349 e. The van der Waals surface area contributed by atoms with Crippen LogP contribution < -0.4 is 5.32 Å². The van der Waals surface area contributed by atoms with Crippen LogP contribution in [0.2, 0.25) is 0 Å². The van der Waals surface area contributed by atoms with Gasteiger partial charge in [0.1, 0.15) is 17.7 Å².